The van der Waals surface area contributed by atoms with Crippen LogP contribution in [0.5, 0.6) is 0 Å². The maximum atomic E-state index is 12.7. The lowest BCUT2D eigenvalue weighted by Gasteiger charge is -2.09. The maximum Gasteiger partial charge on any atom is 0.261 e. The molecule has 0 radical (unpaired) electrons. The number of hydrogen-bond acceptors (Lipinski definition) is 3. The van der Waals surface area contributed by atoms with Gasteiger partial charge in [-0.3, -0.25) is 4.79 Å². The van der Waals surface area contributed by atoms with Crippen LogP contribution in [0, 0.1) is 13.8 Å². The lowest BCUT2D eigenvalue weighted by molar-refractivity contribution is 0.102. The van der Waals surface area contributed by atoms with Gasteiger partial charge in [0, 0.05) is 5.56 Å². The molecule has 3 aromatic rings. The van der Waals surface area contributed by atoms with E-state index in [0.29, 0.717) is 38.3 Å². The summed E-state index contributed by atoms with van der Waals surface area (Å²) in [5.74, 6) is 0.0556. The van der Waals surface area contributed by atoms with Crippen molar-refractivity contribution < 1.29 is 9.32 Å². The summed E-state index contributed by atoms with van der Waals surface area (Å²) in [5.41, 5.74) is 2.91. The first-order chi connectivity index (χ1) is 11.5. The van der Waals surface area contributed by atoms with Gasteiger partial charge in [-0.05, 0) is 37.6 Å². The van der Waals surface area contributed by atoms with Crippen LogP contribution in [0.25, 0.3) is 11.3 Å². The highest BCUT2D eigenvalue weighted by molar-refractivity contribution is 6.34. The Morgan fingerprint density at radius 2 is 1.83 bits per heavy atom. The van der Waals surface area contributed by atoms with Crippen molar-refractivity contribution in [3.63, 3.8) is 0 Å². The van der Waals surface area contributed by atoms with E-state index in [0.717, 1.165) is 5.56 Å². The van der Waals surface area contributed by atoms with Crippen molar-refractivity contribution in [1.82, 2.24) is 5.16 Å². The van der Waals surface area contributed by atoms with Crippen LogP contribution in [0.2, 0.25) is 10.0 Å². The van der Waals surface area contributed by atoms with E-state index in [4.69, 9.17) is 27.7 Å². The molecule has 0 saturated heterocycles. The number of nitrogens with one attached hydrogen (secondary N) is 1. The normalized spacial score (nSPS) is 10.7. The molecule has 0 saturated carbocycles. The topological polar surface area (TPSA) is 55.1 Å². The zero-order valence-electron chi connectivity index (χ0n) is 13.1. The smallest absolute Gasteiger partial charge is 0.261 e. The predicted octanol–water partition coefficient (Wildman–Crippen LogP) is 5.52. The predicted molar refractivity (Wildman–Crippen MR) is 95.8 cm³/mol. The van der Waals surface area contributed by atoms with E-state index in [-0.39, 0.29) is 5.91 Å². The summed E-state index contributed by atoms with van der Waals surface area (Å²) in [4.78, 5) is 12.7. The first-order valence-corrected chi connectivity index (χ1v) is 8.01. The van der Waals surface area contributed by atoms with Crippen molar-refractivity contribution in [2.45, 2.75) is 13.8 Å². The van der Waals surface area contributed by atoms with Gasteiger partial charge < -0.3 is 9.84 Å². The van der Waals surface area contributed by atoms with Gasteiger partial charge in [-0.25, -0.2) is 0 Å². The molecule has 0 fully saturated rings. The maximum absolute atomic E-state index is 12.7. The Kier molecular flexibility index (Phi) is 4.60. The third kappa shape index (κ3) is 3.16. The Morgan fingerprint density at radius 3 is 2.54 bits per heavy atom. The molecule has 0 unspecified atom stereocenters. The molecule has 1 heterocycles. The highest BCUT2D eigenvalue weighted by Crippen LogP contribution is 2.32. The van der Waals surface area contributed by atoms with Gasteiger partial charge in [0.05, 0.1) is 15.7 Å². The van der Waals surface area contributed by atoms with E-state index >= 15 is 0 Å². The summed E-state index contributed by atoms with van der Waals surface area (Å²) in [6.45, 7) is 3.61. The Hall–Kier alpha value is -2.30. The number of aromatic nitrogens is 1. The standard InChI is InChI=1S/C18H14Cl2N2O2/c1-10-7-8-15(14(20)9-10)21-18(23)16-11(2)24-22-17(16)12-5-3-4-6-13(12)19/h3-9H,1-2H3,(H,21,23). The van der Waals surface area contributed by atoms with Gasteiger partial charge in [-0.15, -0.1) is 0 Å². The van der Waals surface area contributed by atoms with Gasteiger partial charge in [0.1, 0.15) is 17.0 Å². The molecule has 1 aromatic heterocycles. The van der Waals surface area contributed by atoms with Crippen molar-refractivity contribution in [2.75, 3.05) is 5.32 Å². The highest BCUT2D eigenvalue weighted by atomic mass is 35.5. The number of benzene rings is 2. The minimum Gasteiger partial charge on any atom is -0.360 e. The summed E-state index contributed by atoms with van der Waals surface area (Å²) >= 11 is 12.4. The molecule has 1 amide bonds. The summed E-state index contributed by atoms with van der Waals surface area (Å²) in [6, 6.07) is 12.6. The molecule has 122 valence electrons. The molecule has 0 aliphatic heterocycles. The number of rotatable bonds is 3. The summed E-state index contributed by atoms with van der Waals surface area (Å²) < 4.78 is 5.21. The quantitative estimate of drug-likeness (QED) is 0.669. The number of carbonyl (C=O) groups excluding carboxylic acids is 1. The SMILES string of the molecule is Cc1ccc(NC(=O)c2c(-c3ccccc3Cl)noc2C)c(Cl)c1. The van der Waals surface area contributed by atoms with E-state index in [1.165, 1.54) is 0 Å². The van der Waals surface area contributed by atoms with Gasteiger partial charge in [-0.1, -0.05) is 52.6 Å². The Balaban J connectivity index is 1.99. The molecule has 0 spiro atoms. The molecular weight excluding hydrogens is 347 g/mol. The zero-order chi connectivity index (χ0) is 17.3. The number of nitrogens with zero attached hydrogens (tertiary/aromatic N) is 1. The first-order valence-electron chi connectivity index (χ1n) is 7.26. The number of amides is 1. The van der Waals surface area contributed by atoms with E-state index in [2.05, 4.69) is 10.5 Å². The van der Waals surface area contributed by atoms with Gasteiger partial charge in [0.25, 0.3) is 5.91 Å². The van der Waals surface area contributed by atoms with Crippen LogP contribution < -0.4 is 5.32 Å². The van der Waals surface area contributed by atoms with E-state index in [1.807, 2.05) is 25.1 Å². The van der Waals surface area contributed by atoms with E-state index in [1.54, 1.807) is 31.2 Å². The second-order valence-electron chi connectivity index (χ2n) is 5.38. The molecule has 0 aliphatic carbocycles. The van der Waals surface area contributed by atoms with Crippen molar-refractivity contribution in [3.05, 3.63) is 69.4 Å². The van der Waals surface area contributed by atoms with Gasteiger partial charge in [0.15, 0.2) is 0 Å². The fourth-order valence-electron chi connectivity index (χ4n) is 2.38. The van der Waals surface area contributed by atoms with Crippen LogP contribution in [0.15, 0.2) is 47.0 Å². The molecule has 4 nitrogen and oxygen atoms in total. The van der Waals surface area contributed by atoms with Crippen LogP contribution in [0.3, 0.4) is 0 Å². The second kappa shape index (κ2) is 6.67. The van der Waals surface area contributed by atoms with Crippen molar-refractivity contribution in [1.29, 1.82) is 0 Å². The van der Waals surface area contributed by atoms with Crippen LogP contribution in [-0.2, 0) is 0 Å². The van der Waals surface area contributed by atoms with Gasteiger partial charge in [-0.2, -0.15) is 0 Å². The number of aryl methyl sites for hydroxylation is 2. The fraction of sp³-hybridized carbons (Fsp3) is 0.111. The minimum atomic E-state index is -0.352. The molecule has 1 N–H and O–H groups in total. The Morgan fingerprint density at radius 1 is 1.08 bits per heavy atom. The van der Waals surface area contributed by atoms with E-state index < -0.39 is 0 Å². The lowest BCUT2D eigenvalue weighted by atomic mass is 10.1. The number of hydrogen-bond donors (Lipinski definition) is 1. The summed E-state index contributed by atoms with van der Waals surface area (Å²) in [7, 11) is 0. The average Bonchev–Trinajstić information content (AvgIpc) is 2.92. The van der Waals surface area contributed by atoms with Crippen molar-refractivity contribution in [2.24, 2.45) is 0 Å². The van der Waals surface area contributed by atoms with Gasteiger partial charge in [0.2, 0.25) is 0 Å². The highest BCUT2D eigenvalue weighted by Gasteiger charge is 2.23. The summed E-state index contributed by atoms with van der Waals surface area (Å²) in [5, 5.41) is 7.75. The van der Waals surface area contributed by atoms with Gasteiger partial charge >= 0.3 is 0 Å². The second-order valence-corrected chi connectivity index (χ2v) is 6.19. The van der Waals surface area contributed by atoms with Crippen LogP contribution in [-0.4, -0.2) is 11.1 Å². The van der Waals surface area contributed by atoms with Crippen LogP contribution >= 0.6 is 23.2 Å². The van der Waals surface area contributed by atoms with Crippen molar-refractivity contribution in [3.8, 4) is 11.3 Å². The molecule has 24 heavy (non-hydrogen) atoms. The first kappa shape index (κ1) is 16.6. The molecule has 0 atom stereocenters. The molecule has 0 aliphatic rings. The molecule has 0 bridgehead atoms. The third-order valence-corrected chi connectivity index (χ3v) is 4.23. The lowest BCUT2D eigenvalue weighted by Crippen LogP contribution is -2.14. The average molecular weight is 361 g/mol. The van der Waals surface area contributed by atoms with Crippen LogP contribution in [0.1, 0.15) is 21.7 Å². The molecular formula is C18H14Cl2N2O2. The zero-order valence-corrected chi connectivity index (χ0v) is 14.6. The molecule has 6 heteroatoms. The van der Waals surface area contributed by atoms with E-state index in [9.17, 15) is 4.79 Å². The molecule has 3 rings (SSSR count). The summed E-state index contributed by atoms with van der Waals surface area (Å²) in [6.07, 6.45) is 0. The Bertz CT molecular complexity index is 919. The minimum absolute atomic E-state index is 0.333. The number of carbonyl (C=O) groups is 1. The van der Waals surface area contributed by atoms with Crippen molar-refractivity contribution >= 4 is 34.8 Å². The molecule has 2 aromatic carbocycles. The van der Waals surface area contributed by atoms with Crippen LogP contribution in [0.4, 0.5) is 5.69 Å². The Labute approximate surface area is 149 Å². The fourth-order valence-corrected chi connectivity index (χ4v) is 2.89. The number of anilines is 1. The largest absolute Gasteiger partial charge is 0.360 e. The third-order valence-electron chi connectivity index (χ3n) is 3.59. The number of halogens is 2. The monoisotopic (exact) mass is 360 g/mol.